The molecule has 0 saturated carbocycles. The van der Waals surface area contributed by atoms with Gasteiger partial charge in [0.15, 0.2) is 0 Å². The smallest absolute Gasteiger partial charge is 0.264 e. The summed E-state index contributed by atoms with van der Waals surface area (Å²) in [4.78, 5) is 29.7. The average Bonchev–Trinajstić information content (AvgIpc) is 3.01. The molecule has 0 radical (unpaired) electrons. The molecule has 9 heteroatoms. The fraction of sp³-hybridized carbons (Fsp3) is 0.278. The van der Waals surface area contributed by atoms with Crippen LogP contribution in [0.1, 0.15) is 36.1 Å². The van der Waals surface area contributed by atoms with Gasteiger partial charge < -0.3 is 10.2 Å². The molecule has 4 aromatic carbocycles. The second-order valence-corrected chi connectivity index (χ2v) is 13.5. The predicted molar refractivity (Wildman–Crippen MR) is 176 cm³/mol. The lowest BCUT2D eigenvalue weighted by molar-refractivity contribution is -0.140. The Balaban J connectivity index is 1.79. The maximum absolute atomic E-state index is 14.5. The summed E-state index contributed by atoms with van der Waals surface area (Å²) >= 11 is 0. The van der Waals surface area contributed by atoms with Crippen molar-refractivity contribution in [2.75, 3.05) is 17.4 Å². The minimum Gasteiger partial charge on any atom is -0.354 e. The number of halogens is 1. The molecule has 0 aromatic heterocycles. The molecule has 0 fully saturated rings. The van der Waals surface area contributed by atoms with E-state index in [0.29, 0.717) is 17.8 Å². The molecule has 1 atom stereocenters. The number of nitrogens with zero attached hydrogens (tertiary/aromatic N) is 2. The third kappa shape index (κ3) is 9.01. The van der Waals surface area contributed by atoms with E-state index in [-0.39, 0.29) is 29.7 Å². The number of hydrogen-bond acceptors (Lipinski definition) is 4. The van der Waals surface area contributed by atoms with Crippen molar-refractivity contribution in [2.45, 2.75) is 51.6 Å². The number of rotatable bonds is 13. The molecule has 4 aromatic rings. The van der Waals surface area contributed by atoms with Gasteiger partial charge in [0.25, 0.3) is 10.0 Å². The summed E-state index contributed by atoms with van der Waals surface area (Å²) in [7, 11) is -4.19. The Hall–Kier alpha value is -4.50. The Labute approximate surface area is 265 Å². The number of amides is 2. The van der Waals surface area contributed by atoms with E-state index in [1.807, 2.05) is 64.1 Å². The molecule has 45 heavy (non-hydrogen) atoms. The zero-order valence-corrected chi connectivity index (χ0v) is 26.9. The second kappa shape index (κ2) is 15.0. The van der Waals surface area contributed by atoms with E-state index in [1.165, 1.54) is 29.2 Å². The first kappa shape index (κ1) is 33.4. The van der Waals surface area contributed by atoms with E-state index in [1.54, 1.807) is 42.5 Å². The van der Waals surface area contributed by atoms with Gasteiger partial charge in [-0.05, 0) is 72.9 Å². The van der Waals surface area contributed by atoms with Crippen LogP contribution in [0.4, 0.5) is 10.1 Å². The minimum atomic E-state index is -4.19. The van der Waals surface area contributed by atoms with E-state index in [2.05, 4.69) is 5.32 Å². The van der Waals surface area contributed by atoms with Gasteiger partial charge in [-0.3, -0.25) is 13.9 Å². The van der Waals surface area contributed by atoms with Gasteiger partial charge >= 0.3 is 0 Å². The maximum Gasteiger partial charge on any atom is 0.264 e. The molecule has 1 N–H and O–H groups in total. The molecule has 0 aliphatic heterocycles. The molecule has 2 amide bonds. The van der Waals surface area contributed by atoms with Gasteiger partial charge in [-0.1, -0.05) is 86.1 Å². The molecule has 4 rings (SSSR count). The Morgan fingerprint density at radius 2 is 1.47 bits per heavy atom. The molecule has 0 bridgehead atoms. The zero-order valence-electron chi connectivity index (χ0n) is 26.1. The van der Waals surface area contributed by atoms with Crippen LogP contribution in [0.3, 0.4) is 0 Å². The fourth-order valence-corrected chi connectivity index (χ4v) is 6.32. The van der Waals surface area contributed by atoms with Crippen LogP contribution in [-0.4, -0.2) is 44.3 Å². The second-order valence-electron chi connectivity index (χ2n) is 11.7. The minimum absolute atomic E-state index is 0.0298. The van der Waals surface area contributed by atoms with Gasteiger partial charge in [-0.2, -0.15) is 0 Å². The van der Waals surface area contributed by atoms with Crippen molar-refractivity contribution in [1.82, 2.24) is 10.2 Å². The molecule has 0 aliphatic carbocycles. The van der Waals surface area contributed by atoms with E-state index < -0.39 is 34.3 Å². The Morgan fingerprint density at radius 3 is 2.09 bits per heavy atom. The number of anilines is 1. The molecule has 236 valence electrons. The molecule has 7 nitrogen and oxygen atoms in total. The van der Waals surface area contributed by atoms with Gasteiger partial charge in [0.1, 0.15) is 18.4 Å². The molecule has 0 heterocycles. The highest BCUT2D eigenvalue weighted by Crippen LogP contribution is 2.26. The number of benzene rings is 4. The first-order valence-corrected chi connectivity index (χ1v) is 16.4. The topological polar surface area (TPSA) is 86.8 Å². The van der Waals surface area contributed by atoms with E-state index in [0.717, 1.165) is 21.0 Å². The van der Waals surface area contributed by atoms with Crippen LogP contribution in [0.15, 0.2) is 108 Å². The molecule has 0 saturated heterocycles. The van der Waals surface area contributed by atoms with Crippen LogP contribution in [0.5, 0.6) is 0 Å². The van der Waals surface area contributed by atoms with Crippen molar-refractivity contribution in [3.63, 3.8) is 0 Å². The van der Waals surface area contributed by atoms with E-state index in [9.17, 15) is 22.4 Å². The van der Waals surface area contributed by atoms with Crippen molar-refractivity contribution in [3.8, 4) is 0 Å². The summed E-state index contributed by atoms with van der Waals surface area (Å²) in [6.45, 7) is 7.48. The quantitative estimate of drug-likeness (QED) is 0.195. The van der Waals surface area contributed by atoms with Crippen molar-refractivity contribution in [1.29, 1.82) is 0 Å². The standard InChI is InChI=1S/C36H40FN3O4S/c1-26(2)23-38-36(42)34(22-29-10-6-5-7-11-29)39(24-30-15-17-31(37)18-16-30)35(41)25-40(32-12-8-9-28(4)21-32)45(43,44)33-19-13-27(3)14-20-33/h5-21,26,34H,22-25H2,1-4H3,(H,38,42)/t34-/m0/s1. The summed E-state index contributed by atoms with van der Waals surface area (Å²) in [6, 6.07) is 27.5. The number of hydrogen-bond donors (Lipinski definition) is 1. The molecule has 0 spiro atoms. The lowest BCUT2D eigenvalue weighted by Crippen LogP contribution is -2.53. The summed E-state index contributed by atoms with van der Waals surface area (Å²) in [5.74, 6) is -1.19. The number of carbonyl (C=O) groups is 2. The Bertz CT molecular complexity index is 1690. The zero-order chi connectivity index (χ0) is 32.6. The van der Waals surface area contributed by atoms with Crippen LogP contribution in [0.25, 0.3) is 0 Å². The highest BCUT2D eigenvalue weighted by molar-refractivity contribution is 7.92. The van der Waals surface area contributed by atoms with Gasteiger partial charge in [0.05, 0.1) is 10.6 Å². The third-order valence-corrected chi connectivity index (χ3v) is 9.19. The van der Waals surface area contributed by atoms with Gasteiger partial charge in [-0.25, -0.2) is 12.8 Å². The summed E-state index contributed by atoms with van der Waals surface area (Å²) in [6.07, 6.45) is 0.201. The van der Waals surface area contributed by atoms with E-state index >= 15 is 0 Å². The Kier molecular flexibility index (Phi) is 11.1. The molecular weight excluding hydrogens is 589 g/mol. The lowest BCUT2D eigenvalue weighted by atomic mass is 10.0. The fourth-order valence-electron chi connectivity index (χ4n) is 4.91. The number of sulfonamides is 1. The van der Waals surface area contributed by atoms with Gasteiger partial charge in [0.2, 0.25) is 11.8 Å². The first-order valence-electron chi connectivity index (χ1n) is 15.0. The number of carbonyl (C=O) groups excluding carboxylic acids is 2. The summed E-state index contributed by atoms with van der Waals surface area (Å²) < 4.78 is 43.1. The first-order chi connectivity index (χ1) is 21.4. The number of nitrogens with one attached hydrogen (secondary N) is 1. The normalized spacial score (nSPS) is 12.0. The lowest BCUT2D eigenvalue weighted by Gasteiger charge is -2.34. The maximum atomic E-state index is 14.5. The van der Waals surface area contributed by atoms with Crippen LogP contribution in [0, 0.1) is 25.6 Å². The molecule has 0 unspecified atom stereocenters. The Morgan fingerprint density at radius 1 is 0.800 bits per heavy atom. The van der Waals surface area contributed by atoms with Crippen LogP contribution in [-0.2, 0) is 32.6 Å². The van der Waals surface area contributed by atoms with Crippen LogP contribution in [0.2, 0.25) is 0 Å². The largest absolute Gasteiger partial charge is 0.354 e. The highest BCUT2D eigenvalue weighted by Gasteiger charge is 2.34. The number of aryl methyl sites for hydroxylation is 2. The molecular formula is C36H40FN3O4S. The SMILES string of the molecule is Cc1ccc(S(=O)(=O)N(CC(=O)N(Cc2ccc(F)cc2)[C@@H](Cc2ccccc2)C(=O)NCC(C)C)c2cccc(C)c2)cc1. The van der Waals surface area contributed by atoms with Crippen molar-refractivity contribution in [3.05, 3.63) is 131 Å². The van der Waals surface area contributed by atoms with Gasteiger partial charge in [-0.15, -0.1) is 0 Å². The summed E-state index contributed by atoms with van der Waals surface area (Å²) in [5, 5.41) is 2.96. The van der Waals surface area contributed by atoms with Gasteiger partial charge in [0, 0.05) is 19.5 Å². The van der Waals surface area contributed by atoms with Crippen LogP contribution < -0.4 is 9.62 Å². The predicted octanol–water partition coefficient (Wildman–Crippen LogP) is 6.05. The van der Waals surface area contributed by atoms with Crippen LogP contribution >= 0.6 is 0 Å². The highest BCUT2D eigenvalue weighted by atomic mass is 32.2. The third-order valence-electron chi connectivity index (χ3n) is 7.40. The van der Waals surface area contributed by atoms with Crippen molar-refractivity contribution < 1.29 is 22.4 Å². The molecule has 0 aliphatic rings. The van der Waals surface area contributed by atoms with Crippen molar-refractivity contribution >= 4 is 27.5 Å². The van der Waals surface area contributed by atoms with E-state index in [4.69, 9.17) is 0 Å². The average molecular weight is 630 g/mol. The van der Waals surface area contributed by atoms with Crippen molar-refractivity contribution in [2.24, 2.45) is 5.92 Å². The summed E-state index contributed by atoms with van der Waals surface area (Å²) in [5.41, 5.74) is 3.48. The monoisotopic (exact) mass is 629 g/mol.